The van der Waals surface area contributed by atoms with Gasteiger partial charge in [0, 0.05) is 6.20 Å². The Morgan fingerprint density at radius 3 is 2.60 bits per heavy atom. The number of rotatable bonds is 6. The Bertz CT molecular complexity index is 875. The molecule has 0 saturated heterocycles. The second-order valence-corrected chi connectivity index (χ2v) is 7.61. The Hall–Kier alpha value is -2.23. The number of carbonyl (C=O) groups excluding carboxylic acids is 1. The third-order valence-corrected chi connectivity index (χ3v) is 5.45. The molecule has 134 valence electrons. The molecule has 2 aromatic rings. The highest BCUT2D eigenvalue weighted by Crippen LogP contribution is 2.26. The molecule has 0 atom stereocenters. The number of sulfonamides is 1. The van der Waals surface area contributed by atoms with Crippen LogP contribution < -0.4 is 15.6 Å². The molecule has 0 unspecified atom stereocenters. The molecule has 1 amide bonds. The van der Waals surface area contributed by atoms with E-state index in [1.807, 2.05) is 5.43 Å². The number of amides is 1. The van der Waals surface area contributed by atoms with Gasteiger partial charge in [0.15, 0.2) is 0 Å². The maximum Gasteiger partial charge on any atom is 0.266 e. The van der Waals surface area contributed by atoms with Crippen LogP contribution in [0, 0.1) is 5.82 Å². The van der Waals surface area contributed by atoms with Gasteiger partial charge in [-0.3, -0.25) is 19.5 Å². The minimum absolute atomic E-state index is 0.0946. The number of pyridine rings is 1. The van der Waals surface area contributed by atoms with Crippen LogP contribution in [0.1, 0.15) is 23.0 Å². The van der Waals surface area contributed by atoms with Gasteiger partial charge in [0.2, 0.25) is 10.0 Å². The molecule has 1 heterocycles. The highest BCUT2D eigenvalue weighted by atomic mass is 35.5. The van der Waals surface area contributed by atoms with Gasteiger partial charge >= 0.3 is 0 Å². The van der Waals surface area contributed by atoms with E-state index >= 15 is 0 Å². The number of nitrogen functional groups attached to an aromatic ring is 1. The third-order valence-electron chi connectivity index (χ3n) is 3.42. The van der Waals surface area contributed by atoms with Crippen LogP contribution in [-0.4, -0.2) is 25.1 Å². The lowest BCUT2D eigenvalue weighted by molar-refractivity contribution is 0.0953. The minimum atomic E-state index is -3.66. The molecule has 0 spiro atoms. The number of halogens is 2. The number of hydrogen-bond donors (Lipinski definition) is 2. The summed E-state index contributed by atoms with van der Waals surface area (Å²) >= 11 is 5.76. The summed E-state index contributed by atoms with van der Waals surface area (Å²) in [5.41, 5.74) is 2.83. The monoisotopic (exact) mass is 386 g/mol. The fourth-order valence-electron chi connectivity index (χ4n) is 2.03. The first-order valence-corrected chi connectivity index (χ1v) is 9.18. The van der Waals surface area contributed by atoms with E-state index in [9.17, 15) is 17.6 Å². The van der Waals surface area contributed by atoms with Crippen molar-refractivity contribution in [2.75, 3.05) is 10.1 Å². The summed E-state index contributed by atoms with van der Waals surface area (Å²) in [6.45, 7) is 1.40. The second-order valence-electron chi connectivity index (χ2n) is 5.02. The Labute approximate surface area is 149 Å². The average molecular weight is 387 g/mol. The zero-order valence-electron chi connectivity index (χ0n) is 13.2. The van der Waals surface area contributed by atoms with Crippen LogP contribution in [0.3, 0.4) is 0 Å². The van der Waals surface area contributed by atoms with Crippen molar-refractivity contribution < 1.29 is 17.6 Å². The first kappa shape index (κ1) is 19.1. The molecule has 0 aliphatic carbocycles. The van der Waals surface area contributed by atoms with Crippen LogP contribution in [0.5, 0.6) is 0 Å². The summed E-state index contributed by atoms with van der Waals surface area (Å²) < 4.78 is 39.3. The van der Waals surface area contributed by atoms with Crippen LogP contribution in [0.15, 0.2) is 36.5 Å². The van der Waals surface area contributed by atoms with Crippen LogP contribution in [-0.2, 0) is 16.6 Å². The molecule has 0 fully saturated rings. The molecule has 7 nitrogen and oxygen atoms in total. The normalized spacial score (nSPS) is 11.2. The van der Waals surface area contributed by atoms with Crippen molar-refractivity contribution in [3.63, 3.8) is 0 Å². The molecule has 0 radical (unpaired) electrons. The Morgan fingerprint density at radius 1 is 1.36 bits per heavy atom. The first-order chi connectivity index (χ1) is 11.8. The molecule has 0 bridgehead atoms. The van der Waals surface area contributed by atoms with E-state index in [1.54, 1.807) is 0 Å². The smallest absolute Gasteiger partial charge is 0.266 e. The van der Waals surface area contributed by atoms with Gasteiger partial charge in [0.25, 0.3) is 5.91 Å². The zero-order chi connectivity index (χ0) is 18.6. The van der Waals surface area contributed by atoms with Gasteiger partial charge < -0.3 is 0 Å². The van der Waals surface area contributed by atoms with E-state index < -0.39 is 21.7 Å². The molecular weight excluding hydrogens is 371 g/mol. The van der Waals surface area contributed by atoms with Crippen molar-refractivity contribution >= 4 is 33.2 Å². The van der Waals surface area contributed by atoms with E-state index in [-0.39, 0.29) is 28.6 Å². The fraction of sp³-hybridized carbons (Fsp3) is 0.200. The summed E-state index contributed by atoms with van der Waals surface area (Å²) in [5.74, 6) is 3.73. The standard InChI is InChI=1S/C15H16ClFN4O3S/c1-2-25(23,24)21(12-5-6-14(17)13(16)7-12)9-11-4-3-10(8-19-11)15(22)20-18/h3-8H,2,9,18H2,1H3,(H,20,22). The lowest BCUT2D eigenvalue weighted by Gasteiger charge is -2.24. The van der Waals surface area contributed by atoms with Gasteiger partial charge in [-0.1, -0.05) is 11.6 Å². The molecule has 0 aliphatic heterocycles. The number of hydrazine groups is 1. The number of anilines is 1. The quantitative estimate of drug-likeness (QED) is 0.447. The predicted molar refractivity (Wildman–Crippen MR) is 92.9 cm³/mol. The number of nitrogens with one attached hydrogen (secondary N) is 1. The van der Waals surface area contributed by atoms with E-state index in [0.717, 1.165) is 10.4 Å². The molecule has 25 heavy (non-hydrogen) atoms. The number of hydrogen-bond acceptors (Lipinski definition) is 5. The molecule has 1 aromatic carbocycles. The Balaban J connectivity index is 2.37. The van der Waals surface area contributed by atoms with Crippen molar-refractivity contribution in [1.82, 2.24) is 10.4 Å². The number of aromatic nitrogens is 1. The molecule has 3 N–H and O–H groups in total. The zero-order valence-corrected chi connectivity index (χ0v) is 14.8. The maximum absolute atomic E-state index is 13.4. The fourth-order valence-corrected chi connectivity index (χ4v) is 3.28. The SMILES string of the molecule is CCS(=O)(=O)N(Cc1ccc(C(=O)NN)cn1)c1ccc(F)c(Cl)c1. The minimum Gasteiger partial charge on any atom is -0.290 e. The maximum atomic E-state index is 13.4. The van der Waals surface area contributed by atoms with Crippen molar-refractivity contribution in [1.29, 1.82) is 0 Å². The van der Waals surface area contributed by atoms with Crippen molar-refractivity contribution in [2.45, 2.75) is 13.5 Å². The average Bonchev–Trinajstić information content (AvgIpc) is 2.61. The van der Waals surface area contributed by atoms with Gasteiger partial charge in [-0.2, -0.15) is 0 Å². The summed E-state index contributed by atoms with van der Waals surface area (Å²) in [4.78, 5) is 15.5. The summed E-state index contributed by atoms with van der Waals surface area (Å²) in [6, 6.07) is 6.63. The van der Waals surface area contributed by atoms with E-state index in [0.29, 0.717) is 5.69 Å². The summed E-state index contributed by atoms with van der Waals surface area (Å²) in [6.07, 6.45) is 1.28. The van der Waals surface area contributed by atoms with Crippen LogP contribution in [0.2, 0.25) is 5.02 Å². The Kier molecular flexibility index (Phi) is 5.93. The lowest BCUT2D eigenvalue weighted by atomic mass is 10.2. The number of benzene rings is 1. The largest absolute Gasteiger partial charge is 0.290 e. The Morgan fingerprint density at radius 2 is 2.08 bits per heavy atom. The van der Waals surface area contributed by atoms with Gasteiger partial charge in [0.1, 0.15) is 5.82 Å². The molecule has 0 aliphatic rings. The van der Waals surface area contributed by atoms with Crippen LogP contribution in [0.4, 0.5) is 10.1 Å². The number of nitrogens with zero attached hydrogens (tertiary/aromatic N) is 2. The van der Waals surface area contributed by atoms with Crippen molar-refractivity contribution in [3.8, 4) is 0 Å². The topological polar surface area (TPSA) is 105 Å². The third kappa shape index (κ3) is 4.44. The predicted octanol–water partition coefficient (Wildman–Crippen LogP) is 1.83. The van der Waals surface area contributed by atoms with E-state index in [4.69, 9.17) is 17.4 Å². The molecular formula is C15H16ClFN4O3S. The van der Waals surface area contributed by atoms with Crippen molar-refractivity contribution in [3.05, 3.63) is 58.6 Å². The number of nitrogens with two attached hydrogens (primary N) is 1. The highest BCUT2D eigenvalue weighted by Gasteiger charge is 2.22. The first-order valence-electron chi connectivity index (χ1n) is 7.20. The molecule has 10 heteroatoms. The van der Waals surface area contributed by atoms with Gasteiger partial charge in [-0.25, -0.2) is 18.7 Å². The van der Waals surface area contributed by atoms with E-state index in [1.165, 1.54) is 37.4 Å². The molecule has 1 aromatic heterocycles. The van der Waals surface area contributed by atoms with Crippen LogP contribution >= 0.6 is 11.6 Å². The number of carbonyl (C=O) groups is 1. The molecule has 2 rings (SSSR count). The van der Waals surface area contributed by atoms with Gasteiger partial charge in [-0.05, 0) is 37.3 Å². The van der Waals surface area contributed by atoms with Gasteiger partial charge in [0.05, 0.1) is 34.3 Å². The van der Waals surface area contributed by atoms with E-state index in [2.05, 4.69) is 4.98 Å². The summed E-state index contributed by atoms with van der Waals surface area (Å²) in [5, 5.41) is -0.184. The van der Waals surface area contributed by atoms with Crippen molar-refractivity contribution in [2.24, 2.45) is 5.84 Å². The summed E-state index contributed by atoms with van der Waals surface area (Å²) in [7, 11) is -3.66. The second kappa shape index (κ2) is 7.77. The highest BCUT2D eigenvalue weighted by molar-refractivity contribution is 7.92. The molecule has 0 saturated carbocycles. The lowest BCUT2D eigenvalue weighted by Crippen LogP contribution is -2.32. The van der Waals surface area contributed by atoms with Crippen LogP contribution in [0.25, 0.3) is 0 Å². The van der Waals surface area contributed by atoms with Gasteiger partial charge in [-0.15, -0.1) is 0 Å².